The van der Waals surface area contributed by atoms with E-state index in [2.05, 4.69) is 28.8 Å². The maximum Gasteiger partial charge on any atom is 0.265 e. The zero-order chi connectivity index (χ0) is 13.7. The standard InChI is InChI=1S/C14H17N3OS/c1-10(2)8-9-15-14(18)13-12(16-17-19-13)11-6-4-3-5-7-11/h3-7,10H,8-9H2,1-2H3,(H,15,18). The quantitative estimate of drug-likeness (QED) is 0.912. The summed E-state index contributed by atoms with van der Waals surface area (Å²) in [5.41, 5.74) is 1.58. The van der Waals surface area contributed by atoms with Gasteiger partial charge in [0.2, 0.25) is 0 Å². The summed E-state index contributed by atoms with van der Waals surface area (Å²) < 4.78 is 3.89. The second-order valence-electron chi connectivity index (χ2n) is 4.76. The zero-order valence-corrected chi connectivity index (χ0v) is 11.9. The number of amides is 1. The molecule has 0 bridgehead atoms. The normalized spacial score (nSPS) is 10.7. The van der Waals surface area contributed by atoms with Gasteiger partial charge in [0.05, 0.1) is 0 Å². The van der Waals surface area contributed by atoms with Crippen molar-refractivity contribution in [3.63, 3.8) is 0 Å². The van der Waals surface area contributed by atoms with Gasteiger partial charge in [0, 0.05) is 12.1 Å². The van der Waals surface area contributed by atoms with E-state index >= 15 is 0 Å². The van der Waals surface area contributed by atoms with Crippen LogP contribution >= 0.6 is 11.5 Å². The molecule has 4 nitrogen and oxygen atoms in total. The molecule has 5 heteroatoms. The molecule has 2 aromatic rings. The smallest absolute Gasteiger partial charge is 0.265 e. The highest BCUT2D eigenvalue weighted by Crippen LogP contribution is 2.23. The number of benzene rings is 1. The van der Waals surface area contributed by atoms with Crippen molar-refractivity contribution in [1.29, 1.82) is 0 Å². The summed E-state index contributed by atoms with van der Waals surface area (Å²) in [5.74, 6) is 0.489. The van der Waals surface area contributed by atoms with Crippen LogP contribution in [0.5, 0.6) is 0 Å². The van der Waals surface area contributed by atoms with E-state index in [1.54, 1.807) is 0 Å². The highest BCUT2D eigenvalue weighted by molar-refractivity contribution is 7.08. The Labute approximate surface area is 117 Å². The Morgan fingerprint density at radius 2 is 2.05 bits per heavy atom. The molecule has 0 saturated carbocycles. The fraction of sp³-hybridized carbons (Fsp3) is 0.357. The number of hydrogen-bond acceptors (Lipinski definition) is 4. The molecule has 0 saturated heterocycles. The third-order valence-electron chi connectivity index (χ3n) is 2.75. The number of rotatable bonds is 5. The topological polar surface area (TPSA) is 54.9 Å². The van der Waals surface area contributed by atoms with Crippen LogP contribution in [0.4, 0.5) is 0 Å². The van der Waals surface area contributed by atoms with Crippen LogP contribution in [0.15, 0.2) is 30.3 Å². The molecule has 1 N–H and O–H groups in total. The lowest BCUT2D eigenvalue weighted by molar-refractivity contribution is 0.0956. The van der Waals surface area contributed by atoms with Crippen LogP contribution in [0.25, 0.3) is 11.3 Å². The number of carbonyl (C=O) groups is 1. The van der Waals surface area contributed by atoms with Crippen LogP contribution in [0.3, 0.4) is 0 Å². The highest BCUT2D eigenvalue weighted by Gasteiger charge is 2.17. The molecule has 0 atom stereocenters. The van der Waals surface area contributed by atoms with Crippen LogP contribution in [-0.2, 0) is 0 Å². The van der Waals surface area contributed by atoms with Crippen molar-refractivity contribution >= 4 is 17.4 Å². The van der Waals surface area contributed by atoms with Gasteiger partial charge in [-0.05, 0) is 23.9 Å². The van der Waals surface area contributed by atoms with E-state index in [1.807, 2.05) is 30.3 Å². The van der Waals surface area contributed by atoms with E-state index in [-0.39, 0.29) is 5.91 Å². The molecule has 1 aromatic carbocycles. The summed E-state index contributed by atoms with van der Waals surface area (Å²) in [7, 11) is 0. The molecule has 0 fully saturated rings. The van der Waals surface area contributed by atoms with E-state index in [9.17, 15) is 4.79 Å². The fourth-order valence-electron chi connectivity index (χ4n) is 1.68. The molecule has 1 heterocycles. The zero-order valence-electron chi connectivity index (χ0n) is 11.1. The van der Waals surface area contributed by atoms with Crippen molar-refractivity contribution in [3.8, 4) is 11.3 Å². The predicted molar refractivity (Wildman–Crippen MR) is 77.1 cm³/mol. The second-order valence-corrected chi connectivity index (χ2v) is 5.51. The van der Waals surface area contributed by atoms with Crippen molar-refractivity contribution in [3.05, 3.63) is 35.2 Å². The van der Waals surface area contributed by atoms with Crippen molar-refractivity contribution in [2.45, 2.75) is 20.3 Å². The average Bonchev–Trinajstić information content (AvgIpc) is 2.88. The maximum atomic E-state index is 12.1. The molecule has 100 valence electrons. The Morgan fingerprint density at radius 1 is 1.32 bits per heavy atom. The Balaban J connectivity index is 2.09. The van der Waals surface area contributed by atoms with Crippen molar-refractivity contribution in [1.82, 2.24) is 14.9 Å². The van der Waals surface area contributed by atoms with Crippen LogP contribution < -0.4 is 5.32 Å². The summed E-state index contributed by atoms with van der Waals surface area (Å²) in [5, 5.41) is 6.98. The molecule has 0 radical (unpaired) electrons. The molecule has 0 aliphatic rings. The van der Waals surface area contributed by atoms with Crippen molar-refractivity contribution in [2.75, 3.05) is 6.54 Å². The average molecular weight is 275 g/mol. The fourth-order valence-corrected chi connectivity index (χ4v) is 2.28. The number of hydrogen-bond donors (Lipinski definition) is 1. The second kappa shape index (κ2) is 6.43. The van der Waals surface area contributed by atoms with E-state index in [4.69, 9.17) is 0 Å². The number of nitrogens with zero attached hydrogens (tertiary/aromatic N) is 2. The predicted octanol–water partition coefficient (Wildman–Crippen LogP) is 2.98. The van der Waals surface area contributed by atoms with Gasteiger partial charge >= 0.3 is 0 Å². The molecule has 0 aliphatic heterocycles. The van der Waals surface area contributed by atoms with E-state index in [0.29, 0.717) is 23.0 Å². The highest BCUT2D eigenvalue weighted by atomic mass is 32.1. The summed E-state index contributed by atoms with van der Waals surface area (Å²) in [6.45, 7) is 4.95. The summed E-state index contributed by atoms with van der Waals surface area (Å²) in [6.07, 6.45) is 0.971. The molecule has 19 heavy (non-hydrogen) atoms. The maximum absolute atomic E-state index is 12.1. The molecular formula is C14H17N3OS. The third-order valence-corrected chi connectivity index (χ3v) is 3.47. The van der Waals surface area contributed by atoms with Gasteiger partial charge < -0.3 is 5.32 Å². The van der Waals surface area contributed by atoms with Crippen LogP contribution in [0.2, 0.25) is 0 Å². The lowest BCUT2D eigenvalue weighted by Crippen LogP contribution is -2.25. The first-order chi connectivity index (χ1) is 9.18. The minimum Gasteiger partial charge on any atom is -0.351 e. The number of carbonyl (C=O) groups excluding carboxylic acids is 1. The molecule has 0 spiro atoms. The minimum absolute atomic E-state index is 0.0884. The first kappa shape index (κ1) is 13.7. The number of nitrogens with one attached hydrogen (secondary N) is 1. The van der Waals surface area contributed by atoms with Crippen LogP contribution in [0, 0.1) is 5.92 Å². The first-order valence-corrected chi connectivity index (χ1v) is 7.12. The van der Waals surface area contributed by atoms with Crippen molar-refractivity contribution in [2.24, 2.45) is 5.92 Å². The Hall–Kier alpha value is -1.75. The van der Waals surface area contributed by atoms with Crippen LogP contribution in [0.1, 0.15) is 29.9 Å². The lowest BCUT2D eigenvalue weighted by Gasteiger charge is -2.06. The Bertz CT molecular complexity index is 537. The first-order valence-electron chi connectivity index (χ1n) is 6.34. The lowest BCUT2D eigenvalue weighted by atomic mass is 10.1. The van der Waals surface area contributed by atoms with Gasteiger partial charge in [-0.25, -0.2) is 0 Å². The molecule has 1 amide bonds. The van der Waals surface area contributed by atoms with Gasteiger partial charge in [-0.2, -0.15) is 0 Å². The molecule has 0 aliphatic carbocycles. The largest absolute Gasteiger partial charge is 0.351 e. The Morgan fingerprint density at radius 3 is 2.74 bits per heavy atom. The van der Waals surface area contributed by atoms with Gasteiger partial charge in [0.15, 0.2) is 0 Å². The molecule has 0 unspecified atom stereocenters. The summed E-state index contributed by atoms with van der Waals surface area (Å²) in [6, 6.07) is 9.65. The van der Waals surface area contributed by atoms with Gasteiger partial charge in [0.25, 0.3) is 5.91 Å². The van der Waals surface area contributed by atoms with Crippen LogP contribution in [-0.4, -0.2) is 22.0 Å². The molecule has 2 rings (SSSR count). The number of aromatic nitrogens is 2. The van der Waals surface area contributed by atoms with Gasteiger partial charge in [-0.1, -0.05) is 48.7 Å². The molecule has 1 aromatic heterocycles. The third kappa shape index (κ3) is 3.61. The van der Waals surface area contributed by atoms with Crippen molar-refractivity contribution < 1.29 is 4.79 Å². The molecular weight excluding hydrogens is 258 g/mol. The van der Waals surface area contributed by atoms with Gasteiger partial charge in [0.1, 0.15) is 10.6 Å². The van der Waals surface area contributed by atoms with E-state index in [0.717, 1.165) is 23.5 Å². The summed E-state index contributed by atoms with van der Waals surface area (Å²) >= 11 is 1.14. The minimum atomic E-state index is -0.0884. The van der Waals surface area contributed by atoms with E-state index in [1.165, 1.54) is 0 Å². The SMILES string of the molecule is CC(C)CCNC(=O)c1snnc1-c1ccccc1. The monoisotopic (exact) mass is 275 g/mol. The van der Waals surface area contributed by atoms with Gasteiger partial charge in [-0.3, -0.25) is 4.79 Å². The van der Waals surface area contributed by atoms with E-state index < -0.39 is 0 Å². The summed E-state index contributed by atoms with van der Waals surface area (Å²) in [4.78, 5) is 12.7. The Kier molecular flexibility index (Phi) is 4.63. The van der Waals surface area contributed by atoms with Gasteiger partial charge in [-0.15, -0.1) is 5.10 Å².